The number of hydrogen-bond acceptors (Lipinski definition) is 2. The van der Waals surface area contributed by atoms with Crippen LogP contribution in [0.4, 0.5) is 0 Å². The number of methoxy groups -OCH3 is 1. The minimum Gasteiger partial charge on any atom is -0.505 e. The number of rotatable bonds is 3. The summed E-state index contributed by atoms with van der Waals surface area (Å²) in [4.78, 5) is 11.2. The van der Waals surface area contributed by atoms with E-state index in [9.17, 15) is 4.79 Å². The Balaban J connectivity index is 1.83. The van der Waals surface area contributed by atoms with Gasteiger partial charge in [0.1, 0.15) is 6.21 Å². The van der Waals surface area contributed by atoms with Crippen LogP contribution in [0.3, 0.4) is 0 Å². The van der Waals surface area contributed by atoms with Gasteiger partial charge in [0, 0.05) is 23.9 Å². The second kappa shape index (κ2) is 4.33. The number of allylic oxidation sites excluding steroid dienone is 2. The summed E-state index contributed by atoms with van der Waals surface area (Å²) in [6, 6.07) is 4.12. The normalized spacial score (nSPS) is 15.8. The van der Waals surface area contributed by atoms with Crippen molar-refractivity contribution in [3.8, 4) is 0 Å². The molecule has 3 rings (SSSR count). The number of fused-ring (bicyclic) bond motifs is 2. The molecule has 2 radical (unpaired) electrons. The Hall–Kier alpha value is -2.04. The summed E-state index contributed by atoms with van der Waals surface area (Å²) < 4.78 is 8.84. The van der Waals surface area contributed by atoms with Crippen molar-refractivity contribution in [2.45, 2.75) is 12.8 Å². The van der Waals surface area contributed by atoms with Crippen LogP contribution in [0.15, 0.2) is 30.0 Å². The third-order valence-electron chi connectivity index (χ3n) is 3.19. The summed E-state index contributed by atoms with van der Waals surface area (Å²) in [5.41, 5.74) is 3.42. The number of ether oxygens (including phenoxy) is 1. The van der Waals surface area contributed by atoms with Gasteiger partial charge in [0.15, 0.2) is 5.70 Å². The Bertz CT molecular complexity index is 596. The largest absolute Gasteiger partial charge is 0.505 e. The van der Waals surface area contributed by atoms with Crippen LogP contribution in [0, 0.1) is 0 Å². The molecule has 2 aliphatic heterocycles. The molecule has 0 bridgehead atoms. The Kier molecular flexibility index (Phi) is 2.66. The van der Waals surface area contributed by atoms with Crippen LogP contribution in [0.2, 0.25) is 0 Å². The van der Waals surface area contributed by atoms with Gasteiger partial charge in [-0.25, -0.2) is 0 Å². The van der Waals surface area contributed by atoms with E-state index < -0.39 is 0 Å². The van der Waals surface area contributed by atoms with Gasteiger partial charge in [-0.05, 0) is 24.2 Å². The van der Waals surface area contributed by atoms with Crippen molar-refractivity contribution in [1.82, 2.24) is 4.48 Å². The highest BCUT2D eigenvalue weighted by molar-refractivity contribution is 6.27. The van der Waals surface area contributed by atoms with E-state index in [4.69, 9.17) is 0 Å². The molecule has 2 aliphatic rings. The lowest BCUT2D eigenvalue weighted by atomic mass is 10.0. The predicted octanol–water partition coefficient (Wildman–Crippen LogP) is 0.984. The molecular formula is C13H13BN2O2. The molecule has 0 fully saturated rings. The van der Waals surface area contributed by atoms with Crippen molar-refractivity contribution in [2.24, 2.45) is 0 Å². The predicted molar refractivity (Wildman–Crippen MR) is 69.4 cm³/mol. The molecule has 90 valence electrons. The first kappa shape index (κ1) is 11.1. The maximum absolute atomic E-state index is 11.2. The first-order valence-electron chi connectivity index (χ1n) is 5.91. The third kappa shape index (κ3) is 1.81. The Labute approximate surface area is 106 Å². The second-order valence-corrected chi connectivity index (χ2v) is 4.30. The van der Waals surface area contributed by atoms with Crippen LogP contribution in [0.5, 0.6) is 0 Å². The van der Waals surface area contributed by atoms with Gasteiger partial charge in [-0.2, -0.15) is 0 Å². The fourth-order valence-corrected chi connectivity index (χ4v) is 2.21. The molecule has 1 aromatic heterocycles. The van der Waals surface area contributed by atoms with Crippen LogP contribution in [-0.4, -0.2) is 35.8 Å². The van der Waals surface area contributed by atoms with Crippen LogP contribution in [-0.2, 0) is 16.0 Å². The van der Waals surface area contributed by atoms with Gasteiger partial charge in [0.05, 0.1) is 13.5 Å². The summed E-state index contributed by atoms with van der Waals surface area (Å²) >= 11 is 0. The molecule has 1 aromatic rings. The monoisotopic (exact) mass is 240 g/mol. The van der Waals surface area contributed by atoms with Crippen LogP contribution in [0.1, 0.15) is 17.8 Å². The minimum absolute atomic E-state index is 0.174. The molecule has 0 amide bonds. The molecule has 0 N–H and O–H groups in total. The van der Waals surface area contributed by atoms with Crippen molar-refractivity contribution in [2.75, 3.05) is 7.11 Å². The van der Waals surface area contributed by atoms with Gasteiger partial charge >= 0.3 is 5.97 Å². The lowest BCUT2D eigenvalue weighted by molar-refractivity contribution is -0.306. The summed E-state index contributed by atoms with van der Waals surface area (Å²) in [7, 11) is 3.46. The number of carbonyl (C=O) groups is 1. The van der Waals surface area contributed by atoms with E-state index >= 15 is 0 Å². The number of aryl methyl sites for hydroxylation is 1. The Morgan fingerprint density at radius 1 is 1.50 bits per heavy atom. The molecule has 3 heterocycles. The van der Waals surface area contributed by atoms with E-state index in [1.54, 1.807) is 0 Å². The van der Waals surface area contributed by atoms with E-state index in [0.29, 0.717) is 12.8 Å². The van der Waals surface area contributed by atoms with E-state index in [1.165, 1.54) is 12.8 Å². The van der Waals surface area contributed by atoms with E-state index in [-0.39, 0.29) is 5.97 Å². The smallest absolute Gasteiger partial charge is 0.305 e. The fraction of sp³-hybridized carbons (Fsp3) is 0.231. The molecule has 0 aliphatic carbocycles. The van der Waals surface area contributed by atoms with Crippen molar-refractivity contribution in [3.63, 3.8) is 0 Å². The Morgan fingerprint density at radius 3 is 3.22 bits per heavy atom. The summed E-state index contributed by atoms with van der Waals surface area (Å²) in [6.07, 6.45) is 9.32. The topological polar surface area (TPSA) is 34.2 Å². The zero-order valence-electron chi connectivity index (χ0n) is 10.2. The average Bonchev–Trinajstić information content (AvgIpc) is 2.99. The highest BCUT2D eigenvalue weighted by atomic mass is 16.5. The summed E-state index contributed by atoms with van der Waals surface area (Å²) in [5.74, 6) is -0.174. The maximum atomic E-state index is 11.2. The first-order valence-corrected chi connectivity index (χ1v) is 5.91. The standard InChI is InChI=1S/C13H13BN2O2/c1-18-13(17)7-6-10-4-5-12-9-11-3-2-8-15(11)14-16(10)12/h2-5,8-9H,6-7H2,1H3. The quantitative estimate of drug-likeness (QED) is 0.583. The number of carbonyl (C=O) groups excluding carboxylic acids is 1. The van der Waals surface area contributed by atoms with Crippen LogP contribution >= 0.6 is 0 Å². The lowest BCUT2D eigenvalue weighted by Crippen LogP contribution is -2.27. The molecule has 0 unspecified atom stereocenters. The van der Waals surface area contributed by atoms with Gasteiger partial charge in [0.2, 0.25) is 7.55 Å². The molecule has 0 atom stereocenters. The van der Waals surface area contributed by atoms with Gasteiger partial charge in [-0.3, -0.25) is 4.79 Å². The second-order valence-electron chi connectivity index (χ2n) is 4.30. The van der Waals surface area contributed by atoms with Crippen molar-refractivity contribution in [1.29, 1.82) is 0 Å². The van der Waals surface area contributed by atoms with Gasteiger partial charge in [0.25, 0.3) is 0 Å². The van der Waals surface area contributed by atoms with Crippen molar-refractivity contribution < 1.29 is 14.0 Å². The fourth-order valence-electron chi connectivity index (χ4n) is 2.21. The molecule has 18 heavy (non-hydrogen) atoms. The molecule has 5 heteroatoms. The molecular weight excluding hydrogens is 227 g/mol. The average molecular weight is 240 g/mol. The lowest BCUT2D eigenvalue weighted by Gasteiger charge is -2.25. The highest BCUT2D eigenvalue weighted by Gasteiger charge is 2.16. The van der Waals surface area contributed by atoms with Gasteiger partial charge < -0.3 is 13.7 Å². The van der Waals surface area contributed by atoms with Crippen LogP contribution < -0.4 is 0 Å². The number of hydrogen-bond donors (Lipinski definition) is 0. The zero-order chi connectivity index (χ0) is 12.5. The van der Waals surface area contributed by atoms with Crippen molar-refractivity contribution >= 4 is 25.8 Å². The van der Waals surface area contributed by atoms with Gasteiger partial charge in [-0.1, -0.05) is 0 Å². The Morgan fingerprint density at radius 2 is 2.39 bits per heavy atom. The summed E-state index contributed by atoms with van der Waals surface area (Å²) in [6.45, 7) is 0. The first-order chi connectivity index (χ1) is 8.78. The number of nitrogens with zero attached hydrogens (tertiary/aromatic N) is 2. The van der Waals surface area contributed by atoms with Crippen molar-refractivity contribution in [3.05, 3.63) is 41.4 Å². The molecule has 0 aromatic carbocycles. The molecule has 0 spiro atoms. The van der Waals surface area contributed by atoms with E-state index in [2.05, 4.69) is 38.0 Å². The number of aromatic nitrogens is 1. The molecule has 4 nitrogen and oxygen atoms in total. The third-order valence-corrected chi connectivity index (χ3v) is 3.19. The molecule has 0 saturated carbocycles. The maximum Gasteiger partial charge on any atom is 0.305 e. The minimum atomic E-state index is -0.174. The SMILES string of the molecule is COC(=O)CCc1ccc2n1[B-][N+]1=CC=CC1=C2. The summed E-state index contributed by atoms with van der Waals surface area (Å²) in [5, 5.41) is 0. The molecule has 0 saturated heterocycles. The number of esters is 1. The van der Waals surface area contributed by atoms with E-state index in [1.807, 2.05) is 19.8 Å². The highest BCUT2D eigenvalue weighted by Crippen LogP contribution is 2.20. The zero-order valence-corrected chi connectivity index (χ0v) is 10.2. The van der Waals surface area contributed by atoms with Crippen LogP contribution in [0.25, 0.3) is 6.08 Å². The van der Waals surface area contributed by atoms with E-state index in [0.717, 1.165) is 11.4 Å². The van der Waals surface area contributed by atoms with Gasteiger partial charge in [-0.15, -0.1) is 0 Å².